The van der Waals surface area contributed by atoms with Crippen LogP contribution in [0.1, 0.15) is 62.9 Å². The summed E-state index contributed by atoms with van der Waals surface area (Å²) in [5, 5.41) is 9.54. The van der Waals surface area contributed by atoms with E-state index < -0.39 is 0 Å². The number of guanidine groups is 1. The maximum atomic E-state index is 12.1. The lowest BCUT2D eigenvalue weighted by Crippen LogP contribution is -2.37. The molecule has 3 N–H and O–H groups in total. The fraction of sp³-hybridized carbons (Fsp3) is 0.600. The standard InChI is InChI=1S/C20H34N4O.HI/c1-5-12-22-19(25)18-11-7-10-17(14-18)15-24-20(21-6-2)23-13-8-9-16(3)4;/h7,10-11,14,16H,5-6,8-9,12-13,15H2,1-4H3,(H,22,25)(H2,21,23,24);1H. The highest BCUT2D eigenvalue weighted by atomic mass is 127. The highest BCUT2D eigenvalue weighted by Gasteiger charge is 2.05. The summed E-state index contributed by atoms with van der Waals surface area (Å²) in [6, 6.07) is 7.67. The molecule has 0 saturated carbocycles. The van der Waals surface area contributed by atoms with Crippen molar-refractivity contribution >= 4 is 35.8 Å². The lowest BCUT2D eigenvalue weighted by atomic mass is 10.1. The highest BCUT2D eigenvalue weighted by molar-refractivity contribution is 14.0. The summed E-state index contributed by atoms with van der Waals surface area (Å²) in [5.41, 5.74) is 1.72. The topological polar surface area (TPSA) is 65.5 Å². The second-order valence-corrected chi connectivity index (χ2v) is 6.61. The van der Waals surface area contributed by atoms with Gasteiger partial charge in [-0.1, -0.05) is 32.9 Å². The summed E-state index contributed by atoms with van der Waals surface area (Å²) in [7, 11) is 0. The monoisotopic (exact) mass is 474 g/mol. The van der Waals surface area contributed by atoms with E-state index in [1.54, 1.807) is 0 Å². The zero-order valence-electron chi connectivity index (χ0n) is 16.6. The van der Waals surface area contributed by atoms with Gasteiger partial charge in [0.25, 0.3) is 5.91 Å². The molecule has 0 fully saturated rings. The summed E-state index contributed by atoms with van der Waals surface area (Å²) in [6.07, 6.45) is 3.28. The van der Waals surface area contributed by atoms with Crippen molar-refractivity contribution in [2.75, 3.05) is 19.6 Å². The number of rotatable bonds is 10. The lowest BCUT2D eigenvalue weighted by Gasteiger charge is -2.12. The smallest absolute Gasteiger partial charge is 0.251 e. The molecule has 0 atom stereocenters. The number of hydrogen-bond donors (Lipinski definition) is 3. The summed E-state index contributed by atoms with van der Waals surface area (Å²) >= 11 is 0. The molecule has 1 aromatic rings. The Morgan fingerprint density at radius 2 is 1.88 bits per heavy atom. The lowest BCUT2D eigenvalue weighted by molar-refractivity contribution is 0.0953. The summed E-state index contributed by atoms with van der Waals surface area (Å²) in [6.45, 7) is 11.6. The van der Waals surface area contributed by atoms with Crippen LogP contribution in [-0.4, -0.2) is 31.5 Å². The molecule has 0 aliphatic heterocycles. The van der Waals surface area contributed by atoms with E-state index in [4.69, 9.17) is 0 Å². The van der Waals surface area contributed by atoms with Crippen molar-refractivity contribution < 1.29 is 4.79 Å². The Morgan fingerprint density at radius 3 is 2.54 bits per heavy atom. The van der Waals surface area contributed by atoms with Crippen molar-refractivity contribution in [3.05, 3.63) is 35.4 Å². The molecule has 0 aliphatic carbocycles. The predicted octanol–water partition coefficient (Wildman–Crippen LogP) is 3.94. The number of amides is 1. The van der Waals surface area contributed by atoms with Gasteiger partial charge in [-0.2, -0.15) is 0 Å². The van der Waals surface area contributed by atoms with Crippen molar-refractivity contribution in [2.24, 2.45) is 10.9 Å². The van der Waals surface area contributed by atoms with Crippen LogP contribution >= 0.6 is 24.0 Å². The number of halogens is 1. The third kappa shape index (κ3) is 10.6. The molecule has 0 aliphatic rings. The Bertz CT molecular complexity index is 546. The van der Waals surface area contributed by atoms with Gasteiger partial charge in [0.2, 0.25) is 0 Å². The number of benzene rings is 1. The average molecular weight is 474 g/mol. The van der Waals surface area contributed by atoms with Gasteiger partial charge in [-0.3, -0.25) is 4.79 Å². The van der Waals surface area contributed by atoms with E-state index in [0.29, 0.717) is 18.7 Å². The molecule has 5 nitrogen and oxygen atoms in total. The van der Waals surface area contributed by atoms with Crippen LogP contribution in [0.15, 0.2) is 29.3 Å². The fourth-order valence-electron chi connectivity index (χ4n) is 2.38. The minimum atomic E-state index is -0.0219. The molecule has 1 aromatic carbocycles. The Hall–Kier alpha value is -1.31. The zero-order chi connectivity index (χ0) is 18.5. The molecule has 0 heterocycles. The third-order valence-corrected chi connectivity index (χ3v) is 3.74. The number of carbonyl (C=O) groups excluding carboxylic acids is 1. The van der Waals surface area contributed by atoms with Crippen LogP contribution in [0, 0.1) is 5.92 Å². The van der Waals surface area contributed by atoms with Gasteiger partial charge in [0.05, 0.1) is 6.54 Å². The molecule has 1 amide bonds. The van der Waals surface area contributed by atoms with Crippen molar-refractivity contribution in [3.63, 3.8) is 0 Å². The molecule has 0 unspecified atom stereocenters. The van der Waals surface area contributed by atoms with E-state index in [9.17, 15) is 4.79 Å². The van der Waals surface area contributed by atoms with Crippen LogP contribution in [0.3, 0.4) is 0 Å². The molecular formula is C20H35IN4O. The second-order valence-electron chi connectivity index (χ2n) is 6.61. The van der Waals surface area contributed by atoms with Crippen molar-refractivity contribution in [1.82, 2.24) is 16.0 Å². The normalized spacial score (nSPS) is 11.0. The molecule has 0 aromatic heterocycles. The van der Waals surface area contributed by atoms with Gasteiger partial charge in [0.15, 0.2) is 5.96 Å². The number of nitrogens with one attached hydrogen (secondary N) is 3. The Kier molecular flexibility index (Phi) is 14.1. The van der Waals surface area contributed by atoms with Crippen LogP contribution in [0.5, 0.6) is 0 Å². The maximum Gasteiger partial charge on any atom is 0.251 e. The van der Waals surface area contributed by atoms with Crippen LogP contribution in [-0.2, 0) is 6.54 Å². The summed E-state index contributed by atoms with van der Waals surface area (Å²) in [5.74, 6) is 1.53. The summed E-state index contributed by atoms with van der Waals surface area (Å²) in [4.78, 5) is 16.7. The minimum Gasteiger partial charge on any atom is -0.357 e. The Morgan fingerprint density at radius 1 is 1.12 bits per heavy atom. The zero-order valence-corrected chi connectivity index (χ0v) is 18.9. The number of hydrogen-bond acceptors (Lipinski definition) is 2. The molecule has 6 heteroatoms. The first kappa shape index (κ1) is 24.7. The molecule has 1 rings (SSSR count). The van der Waals surface area contributed by atoms with E-state index >= 15 is 0 Å². The quantitative estimate of drug-likeness (QED) is 0.208. The molecule has 0 spiro atoms. The van der Waals surface area contributed by atoms with E-state index in [-0.39, 0.29) is 29.9 Å². The van der Waals surface area contributed by atoms with Crippen molar-refractivity contribution in [1.29, 1.82) is 0 Å². The molecule has 148 valence electrons. The van der Waals surface area contributed by atoms with E-state index in [1.165, 1.54) is 6.42 Å². The number of carbonyl (C=O) groups is 1. The third-order valence-electron chi connectivity index (χ3n) is 3.74. The Labute approximate surface area is 175 Å². The molecular weight excluding hydrogens is 439 g/mol. The van der Waals surface area contributed by atoms with E-state index in [2.05, 4.69) is 41.7 Å². The van der Waals surface area contributed by atoms with E-state index in [1.807, 2.05) is 31.2 Å². The second kappa shape index (κ2) is 14.8. The number of nitrogens with zero attached hydrogens (tertiary/aromatic N) is 1. The Balaban J connectivity index is 0.00000625. The SMILES string of the molecule is CCCNC(=O)c1cccc(CN=C(NCC)NCCCC(C)C)c1.I. The minimum absolute atomic E-state index is 0. The van der Waals surface area contributed by atoms with Crippen LogP contribution in [0.2, 0.25) is 0 Å². The van der Waals surface area contributed by atoms with Gasteiger partial charge >= 0.3 is 0 Å². The molecule has 0 radical (unpaired) electrons. The van der Waals surface area contributed by atoms with Gasteiger partial charge in [0, 0.05) is 25.2 Å². The molecule has 0 saturated heterocycles. The molecule has 26 heavy (non-hydrogen) atoms. The maximum absolute atomic E-state index is 12.1. The van der Waals surface area contributed by atoms with Gasteiger partial charge in [0.1, 0.15) is 0 Å². The van der Waals surface area contributed by atoms with Gasteiger partial charge in [-0.15, -0.1) is 24.0 Å². The number of aliphatic imine (C=N–C) groups is 1. The first-order valence-corrected chi connectivity index (χ1v) is 9.46. The first-order valence-electron chi connectivity index (χ1n) is 9.46. The van der Waals surface area contributed by atoms with Crippen molar-refractivity contribution in [2.45, 2.75) is 53.5 Å². The highest BCUT2D eigenvalue weighted by Crippen LogP contribution is 2.07. The molecule has 0 bridgehead atoms. The van der Waals surface area contributed by atoms with Gasteiger partial charge < -0.3 is 16.0 Å². The predicted molar refractivity (Wildman–Crippen MR) is 121 cm³/mol. The van der Waals surface area contributed by atoms with Crippen LogP contribution in [0.25, 0.3) is 0 Å². The fourth-order valence-corrected chi connectivity index (χ4v) is 2.38. The average Bonchev–Trinajstić information content (AvgIpc) is 2.61. The van der Waals surface area contributed by atoms with Gasteiger partial charge in [-0.25, -0.2) is 4.99 Å². The summed E-state index contributed by atoms with van der Waals surface area (Å²) < 4.78 is 0. The first-order chi connectivity index (χ1) is 12.1. The van der Waals surface area contributed by atoms with E-state index in [0.717, 1.165) is 43.4 Å². The van der Waals surface area contributed by atoms with Gasteiger partial charge in [-0.05, 0) is 49.8 Å². The van der Waals surface area contributed by atoms with Crippen LogP contribution < -0.4 is 16.0 Å². The van der Waals surface area contributed by atoms with Crippen LogP contribution in [0.4, 0.5) is 0 Å². The largest absolute Gasteiger partial charge is 0.357 e. The van der Waals surface area contributed by atoms with Crippen molar-refractivity contribution in [3.8, 4) is 0 Å².